The Bertz CT molecular complexity index is 1980. The Morgan fingerprint density at radius 3 is 1.01 bits per heavy atom. The molecule has 0 aromatic heterocycles. The van der Waals surface area contributed by atoms with Crippen LogP contribution in [0.4, 0.5) is 0 Å². The van der Waals surface area contributed by atoms with Crippen LogP contribution in [0, 0.1) is 16.2 Å². The maximum atomic E-state index is 12.2. The SMILES string of the molecule is CCC/C(NC(C)=O)=C(/O)C(=O)NC1CC1.CCC[C@@H](NC(=O)C(C)(C)C)C(=O)C(=O)NC1CC1.CCC[C@H](NC(=O)C(C)(C)C)C(=O)C(=O)NC1CC1.[2H][C@@](CCC)(NC(=O)C(C)(C)C)C(=O)C(=O)NC1CC1.[OH3+].[OH3+].[OH3+]. The number of aliphatic hydroxyl groups excluding tert-OH is 1. The van der Waals surface area contributed by atoms with E-state index in [0.717, 1.165) is 70.6 Å². The minimum absolute atomic E-state index is 0. The van der Waals surface area contributed by atoms with E-state index < -0.39 is 81.2 Å². The summed E-state index contributed by atoms with van der Waals surface area (Å²) in [5, 5.41) is 30.5. The summed E-state index contributed by atoms with van der Waals surface area (Å²) in [5.74, 6) is -5.86. The van der Waals surface area contributed by atoms with E-state index in [1.807, 2.05) is 20.8 Å². The highest BCUT2D eigenvalue weighted by molar-refractivity contribution is 6.39. The summed E-state index contributed by atoms with van der Waals surface area (Å²) in [7, 11) is 0. The van der Waals surface area contributed by atoms with E-state index in [1.165, 1.54) is 6.92 Å². The summed E-state index contributed by atoms with van der Waals surface area (Å²) < 4.78 is 8.19. The van der Waals surface area contributed by atoms with Gasteiger partial charge in [0.15, 0.2) is 0 Å². The number of hydrogen-bond acceptors (Lipinski definition) is 12. The predicted octanol–water partition coefficient (Wildman–Crippen LogP) is 1.70. The molecule has 0 unspecified atom stereocenters. The van der Waals surface area contributed by atoms with E-state index >= 15 is 0 Å². The lowest BCUT2D eigenvalue weighted by atomic mass is 9.94. The Labute approximate surface area is 451 Å². The quantitative estimate of drug-likeness (QED) is 0.0306. The van der Waals surface area contributed by atoms with Gasteiger partial charge in [0, 0.05) is 47.3 Å². The highest BCUT2D eigenvalue weighted by Crippen LogP contribution is 2.22. The molecule has 23 heteroatoms. The van der Waals surface area contributed by atoms with Crippen LogP contribution < -0.4 is 42.5 Å². The Morgan fingerprint density at radius 1 is 0.461 bits per heavy atom. The Hall–Kier alpha value is -5.81. The van der Waals surface area contributed by atoms with Gasteiger partial charge in [0.25, 0.3) is 23.6 Å². The van der Waals surface area contributed by atoms with E-state index in [-0.39, 0.29) is 70.5 Å². The number of carbonyl (C=O) groups is 11. The lowest BCUT2D eigenvalue weighted by Crippen LogP contribution is -2.50. The first-order valence-corrected chi connectivity index (χ1v) is 26.1. The van der Waals surface area contributed by atoms with Gasteiger partial charge in [0.1, 0.15) is 0 Å². The monoisotopic (exact) mass is 1090 g/mol. The fourth-order valence-corrected chi connectivity index (χ4v) is 5.89. The summed E-state index contributed by atoms with van der Waals surface area (Å²) in [4.78, 5) is 130. The molecule has 0 spiro atoms. The molecular weight excluding hydrogens is 989 g/mol. The summed E-state index contributed by atoms with van der Waals surface area (Å²) in [5.41, 5.74) is -1.56. The lowest BCUT2D eigenvalue weighted by Gasteiger charge is -2.23. The average molecular weight is 1090 g/mol. The number of rotatable bonds is 23. The van der Waals surface area contributed by atoms with Crippen LogP contribution in [0.2, 0.25) is 0 Å². The topological polar surface area (TPSA) is 403 Å². The van der Waals surface area contributed by atoms with Crippen LogP contribution in [0.5, 0.6) is 0 Å². The molecular formula is C53H99N8O15+3. The Morgan fingerprint density at radius 2 is 0.750 bits per heavy atom. The zero-order chi connectivity index (χ0) is 56.9. The first kappa shape index (κ1) is 72.3. The summed E-state index contributed by atoms with van der Waals surface area (Å²) in [6, 6.07) is -2.76. The minimum atomic E-state index is -1.88. The second-order valence-corrected chi connectivity index (χ2v) is 22.4. The summed E-state index contributed by atoms with van der Waals surface area (Å²) in [6.45, 7) is 24.7. The number of allylic oxidation sites excluding steroid dienone is 1. The molecule has 8 amide bonds. The van der Waals surface area contributed by atoms with E-state index in [2.05, 4.69) is 42.5 Å². The summed E-state index contributed by atoms with van der Waals surface area (Å²) >= 11 is 0. The molecule has 0 aliphatic heterocycles. The molecule has 4 rings (SSSR count). The van der Waals surface area contributed by atoms with Crippen molar-refractivity contribution in [3.05, 3.63) is 11.5 Å². The van der Waals surface area contributed by atoms with Crippen LogP contribution in [0.15, 0.2) is 11.5 Å². The van der Waals surface area contributed by atoms with E-state index in [4.69, 9.17) is 1.37 Å². The van der Waals surface area contributed by atoms with Crippen molar-refractivity contribution >= 4 is 64.6 Å². The van der Waals surface area contributed by atoms with Crippen molar-refractivity contribution in [3.63, 3.8) is 0 Å². The maximum absolute atomic E-state index is 12.2. The fourth-order valence-electron chi connectivity index (χ4n) is 5.89. The van der Waals surface area contributed by atoms with Gasteiger partial charge in [-0.1, -0.05) is 116 Å². The van der Waals surface area contributed by atoms with Crippen LogP contribution in [0.25, 0.3) is 0 Å². The normalized spacial score (nSPS) is 16.5. The first-order valence-electron chi connectivity index (χ1n) is 26.6. The molecule has 0 saturated heterocycles. The molecule has 4 fully saturated rings. The number of Topliss-reactive ketones (excluding diaryl/α,β-unsaturated/α-hetero) is 3. The van der Waals surface area contributed by atoms with Gasteiger partial charge in [0.2, 0.25) is 46.7 Å². The van der Waals surface area contributed by atoms with E-state index in [0.29, 0.717) is 31.4 Å². The van der Waals surface area contributed by atoms with Crippen molar-refractivity contribution in [1.82, 2.24) is 42.5 Å². The zero-order valence-corrected chi connectivity index (χ0v) is 47.9. The van der Waals surface area contributed by atoms with Gasteiger partial charge in [-0.25, -0.2) is 0 Å². The van der Waals surface area contributed by atoms with Gasteiger partial charge in [0.05, 0.1) is 25.2 Å². The Balaban J connectivity index is -0.000000939. The third-order valence-corrected chi connectivity index (χ3v) is 11.1. The van der Waals surface area contributed by atoms with Gasteiger partial charge in [-0.05, 0) is 77.0 Å². The molecule has 0 radical (unpaired) electrons. The van der Waals surface area contributed by atoms with Crippen molar-refractivity contribution in [2.24, 2.45) is 16.2 Å². The maximum Gasteiger partial charge on any atom is 0.289 e. The van der Waals surface area contributed by atoms with Crippen LogP contribution in [-0.4, -0.2) is 112 Å². The average Bonchev–Trinajstić information content (AvgIpc) is 4.05. The molecule has 3 atom stereocenters. The van der Waals surface area contributed by atoms with Crippen molar-refractivity contribution in [1.29, 1.82) is 0 Å². The second kappa shape index (κ2) is 34.8. The number of nitrogens with one attached hydrogen (secondary N) is 8. The first-order chi connectivity index (χ1) is 34.1. The van der Waals surface area contributed by atoms with Crippen molar-refractivity contribution in [3.8, 4) is 0 Å². The van der Waals surface area contributed by atoms with Gasteiger partial charge >= 0.3 is 0 Å². The number of aliphatic hydroxyl groups is 1. The van der Waals surface area contributed by atoms with Crippen LogP contribution in [-0.2, 0) is 69.2 Å². The van der Waals surface area contributed by atoms with Gasteiger partial charge < -0.3 is 64.1 Å². The third-order valence-electron chi connectivity index (χ3n) is 11.1. The molecule has 0 aromatic carbocycles. The van der Waals surface area contributed by atoms with Crippen LogP contribution in [0.3, 0.4) is 0 Å². The van der Waals surface area contributed by atoms with Gasteiger partial charge in [-0.2, -0.15) is 0 Å². The molecule has 0 heterocycles. The highest BCUT2D eigenvalue weighted by Gasteiger charge is 2.36. The fraction of sp³-hybridized carbons (Fsp3) is 0.755. The molecule has 76 heavy (non-hydrogen) atoms. The molecule has 4 aliphatic carbocycles. The molecule has 18 N–H and O–H groups in total. The molecule has 438 valence electrons. The second-order valence-electron chi connectivity index (χ2n) is 22.4. The predicted molar refractivity (Wildman–Crippen MR) is 292 cm³/mol. The van der Waals surface area contributed by atoms with Crippen molar-refractivity contribution < 1.29 is 75.6 Å². The smallest absolute Gasteiger partial charge is 0.289 e. The molecule has 4 aliphatic rings. The number of carbonyl (C=O) groups excluding carboxylic acids is 11. The zero-order valence-electron chi connectivity index (χ0n) is 48.9. The third kappa shape index (κ3) is 30.7. The van der Waals surface area contributed by atoms with Gasteiger partial charge in [-0.3, -0.25) is 52.7 Å². The van der Waals surface area contributed by atoms with Gasteiger partial charge in [-0.15, -0.1) is 0 Å². The number of hydrogen-bond donors (Lipinski definition) is 9. The molecule has 0 bridgehead atoms. The highest BCUT2D eigenvalue weighted by atomic mass is 16.3. The largest absolute Gasteiger partial charge is 0.502 e. The molecule has 23 nitrogen and oxygen atoms in total. The molecule has 4 saturated carbocycles. The number of ketones is 3. The van der Waals surface area contributed by atoms with Crippen molar-refractivity contribution in [2.75, 3.05) is 0 Å². The van der Waals surface area contributed by atoms with Crippen molar-refractivity contribution in [2.45, 2.75) is 242 Å². The number of amides is 8. The Kier molecular flexibility index (Phi) is 33.1. The van der Waals surface area contributed by atoms with Crippen LogP contribution in [0.1, 0.15) is 201 Å². The minimum Gasteiger partial charge on any atom is -0.502 e. The summed E-state index contributed by atoms with van der Waals surface area (Å²) in [6.07, 6.45) is 11.7. The van der Waals surface area contributed by atoms with E-state index in [1.54, 1.807) is 69.2 Å². The van der Waals surface area contributed by atoms with Crippen LogP contribution >= 0.6 is 0 Å². The van der Waals surface area contributed by atoms with E-state index in [9.17, 15) is 57.8 Å². The lowest BCUT2D eigenvalue weighted by molar-refractivity contribution is -0.141. The molecule has 0 aromatic rings. The standard InChI is InChI=1S/3C14H24N2O3.C11H18N2O3.3H2O/c3*1-5-6-10(16-13(19)14(2,3)4)11(17)12(18)15-9-7-8-9;1-3-4-9(12-7(2)14)10(15)11(16)13-8-5-6-8;;;/h3*9-10H,5-8H2,1-4H3,(H,15,18)(H,16,19);8,15H,3-6H2,1-2H3,(H,12,14)(H,13,16);3*1H2/p+3/b;;;10-9-;;;/t3*10-;;;;/m100..../s1/i;10D;;;;;.